The molecule has 0 heterocycles. The van der Waals surface area contributed by atoms with E-state index in [1.54, 1.807) is 0 Å². The molecule has 3 atom stereocenters. The predicted octanol–water partition coefficient (Wildman–Crippen LogP) is -0.635. The van der Waals surface area contributed by atoms with Crippen LogP contribution in [0.2, 0.25) is 0 Å². The largest absolute Gasteiger partial charge is 0.479 e. The fourth-order valence-electron chi connectivity index (χ4n) is 1.68. The lowest BCUT2D eigenvalue weighted by molar-refractivity contribution is -0.148. The number of hydrogen-bond donors (Lipinski definition) is 3. The molecule has 108 valence electrons. The number of amides is 2. The highest BCUT2D eigenvalue weighted by Gasteiger charge is 2.38. The van der Waals surface area contributed by atoms with Gasteiger partial charge in [-0.25, -0.2) is 4.79 Å². The number of carboxylic acids is 1. The van der Waals surface area contributed by atoms with Crippen LogP contribution in [0.3, 0.4) is 0 Å². The molecule has 19 heavy (non-hydrogen) atoms. The van der Waals surface area contributed by atoms with Gasteiger partial charge in [-0.1, -0.05) is 6.92 Å². The quantitative estimate of drug-likeness (QED) is 0.545. The molecule has 0 radical (unpaired) electrons. The molecule has 1 aliphatic carbocycles. The van der Waals surface area contributed by atoms with Crippen molar-refractivity contribution in [2.45, 2.75) is 25.9 Å². The van der Waals surface area contributed by atoms with Crippen molar-refractivity contribution in [3.63, 3.8) is 0 Å². The maximum absolute atomic E-state index is 11.5. The number of nitrogens with one attached hydrogen (secondary N) is 2. The molecule has 7 heteroatoms. The fourth-order valence-corrected chi connectivity index (χ4v) is 1.68. The SMILES string of the molecule is COC(CNC(=O)CCNC(=O)C1CC1C)C(=O)O. The zero-order valence-corrected chi connectivity index (χ0v) is 11.1. The molecule has 0 spiro atoms. The van der Waals surface area contributed by atoms with Gasteiger partial charge in [-0.3, -0.25) is 9.59 Å². The zero-order chi connectivity index (χ0) is 14.4. The molecule has 0 aliphatic heterocycles. The highest BCUT2D eigenvalue weighted by atomic mass is 16.5. The van der Waals surface area contributed by atoms with Crippen LogP contribution in [0.15, 0.2) is 0 Å². The Hall–Kier alpha value is -1.63. The summed E-state index contributed by atoms with van der Waals surface area (Å²) in [6.07, 6.45) is -0.0134. The first-order valence-electron chi connectivity index (χ1n) is 6.25. The summed E-state index contributed by atoms with van der Waals surface area (Å²) >= 11 is 0. The van der Waals surface area contributed by atoms with Gasteiger partial charge in [0, 0.05) is 26.0 Å². The maximum Gasteiger partial charge on any atom is 0.334 e. The topological polar surface area (TPSA) is 105 Å². The Labute approximate surface area is 111 Å². The maximum atomic E-state index is 11.5. The molecule has 3 N–H and O–H groups in total. The highest BCUT2D eigenvalue weighted by Crippen LogP contribution is 2.37. The van der Waals surface area contributed by atoms with Crippen molar-refractivity contribution < 1.29 is 24.2 Å². The predicted molar refractivity (Wildman–Crippen MR) is 66.3 cm³/mol. The Morgan fingerprint density at radius 3 is 2.47 bits per heavy atom. The second kappa shape index (κ2) is 7.08. The monoisotopic (exact) mass is 272 g/mol. The van der Waals surface area contributed by atoms with Gasteiger partial charge in [-0.15, -0.1) is 0 Å². The normalized spacial score (nSPS) is 22.4. The van der Waals surface area contributed by atoms with Crippen LogP contribution in [0.25, 0.3) is 0 Å². The zero-order valence-electron chi connectivity index (χ0n) is 11.1. The van der Waals surface area contributed by atoms with E-state index >= 15 is 0 Å². The van der Waals surface area contributed by atoms with Crippen molar-refractivity contribution >= 4 is 17.8 Å². The number of carbonyl (C=O) groups excluding carboxylic acids is 2. The Morgan fingerprint density at radius 1 is 1.37 bits per heavy atom. The third kappa shape index (κ3) is 5.25. The summed E-state index contributed by atoms with van der Waals surface area (Å²) in [7, 11) is 1.27. The van der Waals surface area contributed by atoms with E-state index in [-0.39, 0.29) is 37.2 Å². The van der Waals surface area contributed by atoms with Crippen molar-refractivity contribution in [1.29, 1.82) is 0 Å². The Balaban J connectivity index is 2.10. The molecule has 0 saturated heterocycles. The van der Waals surface area contributed by atoms with Crippen molar-refractivity contribution in [1.82, 2.24) is 10.6 Å². The van der Waals surface area contributed by atoms with Gasteiger partial charge < -0.3 is 20.5 Å². The highest BCUT2D eigenvalue weighted by molar-refractivity contribution is 5.82. The van der Waals surface area contributed by atoms with Crippen LogP contribution in [-0.4, -0.2) is 49.2 Å². The smallest absolute Gasteiger partial charge is 0.334 e. The molecule has 0 aromatic rings. The van der Waals surface area contributed by atoms with Gasteiger partial charge in [0.2, 0.25) is 11.8 Å². The van der Waals surface area contributed by atoms with Gasteiger partial charge in [0.25, 0.3) is 0 Å². The van der Waals surface area contributed by atoms with E-state index < -0.39 is 12.1 Å². The van der Waals surface area contributed by atoms with Gasteiger partial charge >= 0.3 is 5.97 Å². The Morgan fingerprint density at radius 2 is 2.00 bits per heavy atom. The summed E-state index contributed by atoms with van der Waals surface area (Å²) in [6, 6.07) is 0. The van der Waals surface area contributed by atoms with Gasteiger partial charge in [-0.05, 0) is 12.3 Å². The van der Waals surface area contributed by atoms with Crippen molar-refractivity contribution in [3.8, 4) is 0 Å². The molecule has 1 rings (SSSR count). The molecule has 0 bridgehead atoms. The minimum absolute atomic E-state index is 0.0133. The van der Waals surface area contributed by atoms with Crippen LogP contribution in [0.5, 0.6) is 0 Å². The van der Waals surface area contributed by atoms with E-state index in [1.165, 1.54) is 7.11 Å². The molecule has 1 aliphatic rings. The number of ether oxygens (including phenoxy) is 1. The minimum Gasteiger partial charge on any atom is -0.479 e. The Bertz CT molecular complexity index is 358. The average molecular weight is 272 g/mol. The summed E-state index contributed by atoms with van der Waals surface area (Å²) in [6.45, 7) is 2.19. The van der Waals surface area contributed by atoms with Crippen LogP contribution < -0.4 is 10.6 Å². The van der Waals surface area contributed by atoms with Crippen LogP contribution in [-0.2, 0) is 19.1 Å². The molecule has 1 fully saturated rings. The third-order valence-electron chi connectivity index (χ3n) is 3.14. The molecule has 0 aromatic carbocycles. The van der Waals surface area contributed by atoms with Gasteiger partial charge in [-0.2, -0.15) is 0 Å². The number of aliphatic carboxylic acids is 1. The van der Waals surface area contributed by atoms with E-state index in [2.05, 4.69) is 15.4 Å². The first-order valence-corrected chi connectivity index (χ1v) is 6.25. The van der Waals surface area contributed by atoms with Crippen molar-refractivity contribution in [2.75, 3.05) is 20.2 Å². The minimum atomic E-state index is -1.13. The molecule has 1 saturated carbocycles. The summed E-state index contributed by atoms with van der Waals surface area (Å²) in [5, 5.41) is 13.8. The van der Waals surface area contributed by atoms with Crippen LogP contribution in [0.1, 0.15) is 19.8 Å². The second-order valence-corrected chi connectivity index (χ2v) is 4.73. The van der Waals surface area contributed by atoms with Gasteiger partial charge in [0.05, 0.1) is 6.54 Å². The fraction of sp³-hybridized carbons (Fsp3) is 0.750. The van der Waals surface area contributed by atoms with Crippen molar-refractivity contribution in [2.24, 2.45) is 11.8 Å². The number of carboxylic acid groups (broad SMARTS) is 1. The van der Waals surface area contributed by atoms with Crippen LogP contribution in [0.4, 0.5) is 0 Å². The molecule has 0 aromatic heterocycles. The Kier molecular flexibility index (Phi) is 5.75. The molecular formula is C12H20N2O5. The lowest BCUT2D eigenvalue weighted by atomic mass is 10.3. The van der Waals surface area contributed by atoms with Gasteiger partial charge in [0.15, 0.2) is 6.10 Å². The second-order valence-electron chi connectivity index (χ2n) is 4.73. The lowest BCUT2D eigenvalue weighted by Gasteiger charge is -2.11. The number of methoxy groups -OCH3 is 1. The third-order valence-corrected chi connectivity index (χ3v) is 3.14. The number of hydrogen-bond acceptors (Lipinski definition) is 4. The molecule has 2 amide bonds. The average Bonchev–Trinajstić information content (AvgIpc) is 3.06. The van der Waals surface area contributed by atoms with E-state index in [0.717, 1.165) is 6.42 Å². The summed E-state index contributed by atoms with van der Waals surface area (Å²) in [4.78, 5) is 33.5. The van der Waals surface area contributed by atoms with Crippen LogP contribution >= 0.6 is 0 Å². The van der Waals surface area contributed by atoms with E-state index in [4.69, 9.17) is 5.11 Å². The van der Waals surface area contributed by atoms with Crippen molar-refractivity contribution in [3.05, 3.63) is 0 Å². The first kappa shape index (κ1) is 15.4. The summed E-state index contributed by atoms with van der Waals surface area (Å²) < 4.78 is 4.67. The standard InChI is InChI=1S/C12H20N2O5/c1-7-5-8(7)11(16)13-4-3-10(15)14-6-9(19-2)12(17)18/h7-9H,3-6H2,1-2H3,(H,13,16)(H,14,15)(H,17,18). The molecule has 3 unspecified atom stereocenters. The number of carbonyl (C=O) groups is 3. The van der Waals surface area contributed by atoms with E-state index in [1.807, 2.05) is 6.92 Å². The lowest BCUT2D eigenvalue weighted by Crippen LogP contribution is -2.39. The molecule has 7 nitrogen and oxygen atoms in total. The van der Waals surface area contributed by atoms with Crippen LogP contribution in [0, 0.1) is 11.8 Å². The van der Waals surface area contributed by atoms with E-state index in [0.29, 0.717) is 5.92 Å². The van der Waals surface area contributed by atoms with E-state index in [9.17, 15) is 14.4 Å². The van der Waals surface area contributed by atoms with Gasteiger partial charge in [0.1, 0.15) is 0 Å². The summed E-state index contributed by atoms with van der Waals surface area (Å²) in [5.74, 6) is -0.924. The first-order chi connectivity index (χ1) is 8.95. The molecular weight excluding hydrogens is 252 g/mol. The number of rotatable bonds is 8. The summed E-state index contributed by atoms with van der Waals surface area (Å²) in [5.41, 5.74) is 0.